The Kier molecular flexibility index (Phi) is 6.30. The quantitative estimate of drug-likeness (QED) is 0.551. The lowest BCUT2D eigenvalue weighted by Gasteiger charge is -2.54. The van der Waals surface area contributed by atoms with E-state index in [0.717, 1.165) is 18.2 Å². The zero-order valence-electron chi connectivity index (χ0n) is 18.6. The van der Waals surface area contributed by atoms with Crippen LogP contribution in [0.2, 0.25) is 0 Å². The van der Waals surface area contributed by atoms with Crippen LogP contribution in [0.4, 0.5) is 13.2 Å². The second kappa shape index (κ2) is 8.79. The minimum Gasteiger partial charge on any atom is -0.435 e. The molecule has 8 nitrogen and oxygen atoms in total. The molecule has 1 amide bonds. The summed E-state index contributed by atoms with van der Waals surface area (Å²) in [5.41, 5.74) is 0.790. The molecule has 3 N–H and O–H groups in total. The molecule has 0 bridgehead atoms. The first-order chi connectivity index (χ1) is 15.9. The number of rotatable bonds is 6. The Bertz CT molecular complexity index is 1160. The predicted molar refractivity (Wildman–Crippen MR) is 119 cm³/mol. The lowest BCUT2D eigenvalue weighted by molar-refractivity contribution is -0.126. The van der Waals surface area contributed by atoms with Crippen LogP contribution in [0.1, 0.15) is 37.6 Å². The summed E-state index contributed by atoms with van der Waals surface area (Å²) < 4.78 is 65.2. The maximum absolute atomic E-state index is 14.7. The van der Waals surface area contributed by atoms with Crippen LogP contribution >= 0.6 is 10.6 Å². The lowest BCUT2D eigenvalue weighted by atomic mass is 9.84. The second-order valence-electron chi connectivity index (χ2n) is 9.12. The molecule has 0 radical (unpaired) electrons. The van der Waals surface area contributed by atoms with Gasteiger partial charge in [0.05, 0.1) is 28.8 Å². The average Bonchev–Trinajstić information content (AvgIpc) is 3.11. The van der Waals surface area contributed by atoms with Gasteiger partial charge in [0.1, 0.15) is 17.6 Å². The Morgan fingerprint density at radius 2 is 2.12 bits per heavy atom. The molecular formula is C22H25F3N4O4S. The third-order valence-electron chi connectivity index (χ3n) is 6.17. The lowest BCUT2D eigenvalue weighted by Crippen LogP contribution is -2.62. The number of carbonyl (C=O) groups excluding carboxylic acids is 1. The molecule has 2 atom stereocenters. The number of alkyl halides is 2. The summed E-state index contributed by atoms with van der Waals surface area (Å²) >= 11 is 0. The fourth-order valence-electron chi connectivity index (χ4n) is 4.76. The van der Waals surface area contributed by atoms with Gasteiger partial charge >= 0.3 is 6.61 Å². The van der Waals surface area contributed by atoms with E-state index in [9.17, 15) is 32.3 Å². The van der Waals surface area contributed by atoms with E-state index in [4.69, 9.17) is 0 Å². The fourth-order valence-corrected chi connectivity index (χ4v) is 6.86. The smallest absolute Gasteiger partial charge is 0.387 e. The van der Waals surface area contributed by atoms with Crippen LogP contribution in [0.25, 0.3) is 11.3 Å². The zero-order chi connectivity index (χ0) is 24.8. The number of carbonyl (C=O) groups is 1. The topological polar surface area (TPSA) is 120 Å². The molecular weight excluding hydrogens is 473 g/mol. The predicted octanol–water partition coefficient (Wildman–Crippen LogP) is 4.12. The second-order valence-corrected chi connectivity index (χ2v) is 11.3. The summed E-state index contributed by atoms with van der Waals surface area (Å²) in [7, 11) is -2.64. The molecule has 2 heterocycles. The molecule has 1 aromatic heterocycles. The Labute approximate surface area is 196 Å². The average molecular weight is 499 g/mol. The number of benzene rings is 1. The third kappa shape index (κ3) is 4.73. The molecule has 0 spiro atoms. The summed E-state index contributed by atoms with van der Waals surface area (Å²) in [4.78, 5) is 12.9. The van der Waals surface area contributed by atoms with E-state index < -0.39 is 40.5 Å². The molecule has 1 unspecified atom stereocenters. The highest BCUT2D eigenvalue weighted by molar-refractivity contribution is 8.25. The monoisotopic (exact) mass is 498 g/mol. The highest BCUT2D eigenvalue weighted by Gasteiger charge is 2.46. The van der Waals surface area contributed by atoms with Crippen molar-refractivity contribution in [3.8, 4) is 23.1 Å². The number of ether oxygens (including phenoxy) is 1. The molecule has 4 rings (SSSR count). The van der Waals surface area contributed by atoms with Crippen molar-refractivity contribution in [1.82, 2.24) is 15.1 Å². The van der Waals surface area contributed by atoms with E-state index >= 15 is 0 Å². The van der Waals surface area contributed by atoms with Crippen molar-refractivity contribution in [1.29, 1.82) is 5.26 Å². The minimum absolute atomic E-state index is 0.0200. The van der Waals surface area contributed by atoms with Gasteiger partial charge in [-0.2, -0.15) is 29.7 Å². The van der Waals surface area contributed by atoms with Crippen LogP contribution in [0.5, 0.6) is 5.75 Å². The van der Waals surface area contributed by atoms with Gasteiger partial charge in [0.15, 0.2) is 0 Å². The van der Waals surface area contributed by atoms with Crippen molar-refractivity contribution in [3.63, 3.8) is 0 Å². The Morgan fingerprint density at radius 1 is 1.41 bits per heavy atom. The van der Waals surface area contributed by atoms with Crippen LogP contribution < -0.4 is 10.1 Å². The van der Waals surface area contributed by atoms with E-state index in [0.29, 0.717) is 24.1 Å². The number of nitriles is 1. The van der Waals surface area contributed by atoms with Gasteiger partial charge < -0.3 is 10.1 Å². The Hall–Kier alpha value is -2.75. The fraction of sp³-hybridized carbons (Fsp3) is 0.500. The van der Waals surface area contributed by atoms with Crippen molar-refractivity contribution in [2.75, 3.05) is 11.5 Å². The number of fused-ring (bicyclic) bond motifs is 1. The van der Waals surface area contributed by atoms with Crippen molar-refractivity contribution in [3.05, 3.63) is 35.3 Å². The number of hydrogen-bond acceptors (Lipinski definition) is 6. The Balaban J connectivity index is 1.64. The van der Waals surface area contributed by atoms with Gasteiger partial charge in [-0.1, -0.05) is 0 Å². The van der Waals surface area contributed by atoms with E-state index in [1.807, 2.05) is 0 Å². The number of halogens is 3. The first kappa shape index (κ1) is 24.4. The normalized spacial score (nSPS) is 22.1. The molecule has 184 valence electrons. The van der Waals surface area contributed by atoms with Crippen LogP contribution in [0, 0.1) is 23.1 Å². The first-order valence-electron chi connectivity index (χ1n) is 10.7. The number of amides is 1. The highest BCUT2D eigenvalue weighted by atomic mass is 32.3. The first-order valence-corrected chi connectivity index (χ1v) is 12.6. The summed E-state index contributed by atoms with van der Waals surface area (Å²) in [5, 5.41) is 16.8. The molecule has 1 fully saturated rings. The standard InChI is InChI=1S/C22H25F3N4O4S/c1-12(9-26)29-18-7-13(20(30)27-22(2)10-34(31,32)11-22)3-5-15(18)19(28-29)16-8-14(33-21(24)25)4-6-17(16)23/h4,6,8,12-13,21,31-32H,3,5,7,10-11H2,1-2H3,(H,27,30)/t12?,13-/m1/s1. The Morgan fingerprint density at radius 3 is 2.74 bits per heavy atom. The highest BCUT2D eigenvalue weighted by Crippen LogP contribution is 2.54. The van der Waals surface area contributed by atoms with Crippen molar-refractivity contribution >= 4 is 16.5 Å². The summed E-state index contributed by atoms with van der Waals surface area (Å²) in [6, 6.07) is 4.66. The molecule has 0 saturated carbocycles. The molecule has 1 saturated heterocycles. The number of nitrogens with zero attached hydrogens (tertiary/aromatic N) is 3. The van der Waals surface area contributed by atoms with Gasteiger partial charge in [0.2, 0.25) is 5.91 Å². The SMILES string of the molecule is CC(C#N)n1nc(-c2cc(OC(F)F)ccc2F)c2c1C[C@H](C(=O)NC1(C)CS(O)(O)C1)CC2. The zero-order valence-corrected chi connectivity index (χ0v) is 19.4. The summed E-state index contributed by atoms with van der Waals surface area (Å²) in [6.45, 7) is 0.311. The molecule has 1 aliphatic heterocycles. The number of hydrogen-bond donors (Lipinski definition) is 3. The number of nitrogens with one attached hydrogen (secondary N) is 1. The van der Waals surface area contributed by atoms with Crippen molar-refractivity contribution in [2.24, 2.45) is 5.92 Å². The minimum atomic E-state index is -3.07. The van der Waals surface area contributed by atoms with E-state index in [2.05, 4.69) is 21.2 Å². The van der Waals surface area contributed by atoms with Crippen LogP contribution in [-0.4, -0.2) is 48.4 Å². The maximum Gasteiger partial charge on any atom is 0.387 e. The third-order valence-corrected chi connectivity index (χ3v) is 8.37. The van der Waals surface area contributed by atoms with E-state index in [1.54, 1.807) is 13.8 Å². The molecule has 12 heteroatoms. The van der Waals surface area contributed by atoms with Crippen molar-refractivity contribution in [2.45, 2.75) is 51.3 Å². The van der Waals surface area contributed by atoms with Gasteiger partial charge in [-0.05, 0) is 44.9 Å². The molecule has 34 heavy (non-hydrogen) atoms. The number of aromatic nitrogens is 2. The maximum atomic E-state index is 14.7. The molecule has 1 aliphatic carbocycles. The van der Waals surface area contributed by atoms with Gasteiger partial charge in [-0.3, -0.25) is 18.6 Å². The van der Waals surface area contributed by atoms with Crippen LogP contribution in [-0.2, 0) is 17.6 Å². The van der Waals surface area contributed by atoms with Crippen molar-refractivity contribution < 1.29 is 31.8 Å². The van der Waals surface area contributed by atoms with Crippen LogP contribution in [0.15, 0.2) is 18.2 Å². The molecule has 1 aromatic carbocycles. The molecule has 2 aromatic rings. The van der Waals surface area contributed by atoms with Gasteiger partial charge in [0, 0.05) is 29.2 Å². The summed E-state index contributed by atoms with van der Waals surface area (Å²) in [5.74, 6) is -1.35. The largest absolute Gasteiger partial charge is 0.435 e. The van der Waals surface area contributed by atoms with E-state index in [-0.39, 0.29) is 40.8 Å². The molecule has 2 aliphatic rings. The van der Waals surface area contributed by atoms with Gasteiger partial charge in [-0.25, -0.2) is 4.39 Å². The van der Waals surface area contributed by atoms with E-state index in [1.165, 1.54) is 4.68 Å². The summed E-state index contributed by atoms with van der Waals surface area (Å²) in [6.07, 6.45) is 1.05. The van der Waals surface area contributed by atoms with Gasteiger partial charge in [0.25, 0.3) is 0 Å². The van der Waals surface area contributed by atoms with Gasteiger partial charge in [-0.15, -0.1) is 0 Å². The van der Waals surface area contributed by atoms with Crippen LogP contribution in [0.3, 0.4) is 0 Å².